The lowest BCUT2D eigenvalue weighted by atomic mass is 10.1. The minimum atomic E-state index is -1.19. The number of hydrogen-bond donors (Lipinski definition) is 2. The van der Waals surface area contributed by atoms with Crippen molar-refractivity contribution in [3.8, 4) is 0 Å². The van der Waals surface area contributed by atoms with Crippen LogP contribution in [0.25, 0.3) is 0 Å². The average Bonchev–Trinajstić information content (AvgIpc) is 1.97. The fourth-order valence-electron chi connectivity index (χ4n) is 0.865. The fourth-order valence-corrected chi connectivity index (χ4v) is 1.14. The summed E-state index contributed by atoms with van der Waals surface area (Å²) in [5, 5.41) is 8.68. The first-order chi connectivity index (χ1) is 5.54. The Balaban J connectivity index is 3.54. The van der Waals surface area contributed by atoms with Crippen LogP contribution in [0, 0.1) is 6.92 Å². The number of halogens is 1. The summed E-state index contributed by atoms with van der Waals surface area (Å²) >= 11 is 5.55. The van der Waals surface area contributed by atoms with Gasteiger partial charge in [-0.3, -0.25) is 4.79 Å². The SMILES string of the molecule is Cc1c(C(=O)O)c(Cl)c[nH]c1=O. The maximum absolute atomic E-state index is 10.9. The average molecular weight is 188 g/mol. The van der Waals surface area contributed by atoms with Crippen molar-refractivity contribution in [2.75, 3.05) is 0 Å². The number of carboxylic acids is 1. The molecule has 0 saturated heterocycles. The summed E-state index contributed by atoms with van der Waals surface area (Å²) in [5.74, 6) is -1.19. The number of pyridine rings is 1. The van der Waals surface area contributed by atoms with E-state index in [1.54, 1.807) is 0 Å². The lowest BCUT2D eigenvalue weighted by Crippen LogP contribution is -2.15. The lowest BCUT2D eigenvalue weighted by molar-refractivity contribution is 0.0696. The Labute approximate surface area is 72.8 Å². The molecule has 0 bridgehead atoms. The van der Waals surface area contributed by atoms with E-state index >= 15 is 0 Å². The number of hydrogen-bond acceptors (Lipinski definition) is 2. The third-order valence-corrected chi connectivity index (χ3v) is 1.80. The number of aromatic nitrogens is 1. The van der Waals surface area contributed by atoms with E-state index in [0.29, 0.717) is 0 Å². The van der Waals surface area contributed by atoms with Crippen LogP contribution >= 0.6 is 11.6 Å². The summed E-state index contributed by atoms with van der Waals surface area (Å²) in [4.78, 5) is 23.8. The van der Waals surface area contributed by atoms with E-state index in [2.05, 4.69) is 4.98 Å². The van der Waals surface area contributed by atoms with Gasteiger partial charge in [-0.1, -0.05) is 11.6 Å². The smallest absolute Gasteiger partial charge is 0.337 e. The van der Waals surface area contributed by atoms with Crippen molar-refractivity contribution in [1.29, 1.82) is 0 Å². The number of aromatic carboxylic acids is 1. The molecule has 0 saturated carbocycles. The number of H-pyrrole nitrogens is 1. The third-order valence-electron chi connectivity index (χ3n) is 1.50. The molecule has 1 aromatic heterocycles. The Morgan fingerprint density at radius 3 is 2.67 bits per heavy atom. The van der Waals surface area contributed by atoms with Gasteiger partial charge in [-0.05, 0) is 6.92 Å². The maximum Gasteiger partial charge on any atom is 0.337 e. The molecule has 5 heteroatoms. The van der Waals surface area contributed by atoms with Crippen molar-refractivity contribution in [1.82, 2.24) is 4.98 Å². The molecular formula is C7H6ClNO3. The molecule has 1 aromatic rings. The van der Waals surface area contributed by atoms with E-state index in [1.807, 2.05) is 0 Å². The molecule has 0 aliphatic heterocycles. The van der Waals surface area contributed by atoms with Gasteiger partial charge < -0.3 is 10.1 Å². The summed E-state index contributed by atoms with van der Waals surface area (Å²) in [7, 11) is 0. The zero-order chi connectivity index (χ0) is 9.30. The number of nitrogens with one attached hydrogen (secondary N) is 1. The molecule has 0 unspecified atom stereocenters. The van der Waals surface area contributed by atoms with Crippen LogP contribution < -0.4 is 5.56 Å². The van der Waals surface area contributed by atoms with Crippen LogP contribution in [-0.4, -0.2) is 16.1 Å². The van der Waals surface area contributed by atoms with Gasteiger partial charge in [0.15, 0.2) is 0 Å². The number of carbonyl (C=O) groups is 1. The van der Waals surface area contributed by atoms with Gasteiger partial charge in [-0.2, -0.15) is 0 Å². The van der Waals surface area contributed by atoms with Crippen LogP contribution in [0.3, 0.4) is 0 Å². The van der Waals surface area contributed by atoms with Gasteiger partial charge in [0.05, 0.1) is 10.6 Å². The van der Waals surface area contributed by atoms with E-state index < -0.39 is 11.5 Å². The third kappa shape index (κ3) is 1.33. The minimum absolute atomic E-state index is 0.0413. The molecule has 0 spiro atoms. The van der Waals surface area contributed by atoms with Crippen LogP contribution in [0.5, 0.6) is 0 Å². The second-order valence-corrected chi connectivity index (χ2v) is 2.68. The highest BCUT2D eigenvalue weighted by atomic mass is 35.5. The standard InChI is InChI=1S/C7H6ClNO3/c1-3-5(7(11)12)4(8)2-9-6(3)10/h2H,1H3,(H,9,10)(H,11,12). The number of aromatic amines is 1. The molecule has 0 radical (unpaired) electrons. The molecule has 2 N–H and O–H groups in total. The monoisotopic (exact) mass is 187 g/mol. The largest absolute Gasteiger partial charge is 0.478 e. The van der Waals surface area contributed by atoms with Gasteiger partial charge in [0.25, 0.3) is 5.56 Å². The van der Waals surface area contributed by atoms with E-state index in [-0.39, 0.29) is 16.1 Å². The Kier molecular flexibility index (Phi) is 2.19. The molecular weight excluding hydrogens is 182 g/mol. The first-order valence-corrected chi connectivity index (χ1v) is 3.53. The van der Waals surface area contributed by atoms with E-state index in [1.165, 1.54) is 13.1 Å². The lowest BCUT2D eigenvalue weighted by Gasteiger charge is -2.00. The van der Waals surface area contributed by atoms with Crippen molar-refractivity contribution in [3.05, 3.63) is 32.7 Å². The Morgan fingerprint density at radius 1 is 1.67 bits per heavy atom. The Bertz CT molecular complexity index is 383. The van der Waals surface area contributed by atoms with Crippen molar-refractivity contribution < 1.29 is 9.90 Å². The number of rotatable bonds is 1. The zero-order valence-electron chi connectivity index (χ0n) is 6.22. The zero-order valence-corrected chi connectivity index (χ0v) is 6.97. The molecule has 12 heavy (non-hydrogen) atoms. The summed E-state index contributed by atoms with van der Waals surface area (Å²) in [6.07, 6.45) is 1.17. The summed E-state index contributed by atoms with van der Waals surface area (Å²) in [5.41, 5.74) is -0.452. The molecule has 4 nitrogen and oxygen atoms in total. The minimum Gasteiger partial charge on any atom is -0.478 e. The van der Waals surface area contributed by atoms with Crippen molar-refractivity contribution in [2.45, 2.75) is 6.92 Å². The van der Waals surface area contributed by atoms with Gasteiger partial charge in [0, 0.05) is 11.8 Å². The summed E-state index contributed by atoms with van der Waals surface area (Å²) in [6, 6.07) is 0. The van der Waals surface area contributed by atoms with Crippen LogP contribution in [-0.2, 0) is 0 Å². The van der Waals surface area contributed by atoms with Crippen molar-refractivity contribution >= 4 is 17.6 Å². The van der Waals surface area contributed by atoms with Gasteiger partial charge in [0.2, 0.25) is 0 Å². The van der Waals surface area contributed by atoms with Gasteiger partial charge >= 0.3 is 5.97 Å². The van der Waals surface area contributed by atoms with E-state index in [9.17, 15) is 9.59 Å². The Morgan fingerprint density at radius 2 is 2.25 bits per heavy atom. The molecule has 0 aromatic carbocycles. The van der Waals surface area contributed by atoms with Gasteiger partial charge in [-0.25, -0.2) is 4.79 Å². The topological polar surface area (TPSA) is 70.2 Å². The molecule has 0 fully saturated rings. The molecule has 1 heterocycles. The molecule has 0 aliphatic rings. The fraction of sp³-hybridized carbons (Fsp3) is 0.143. The quantitative estimate of drug-likeness (QED) is 0.690. The molecule has 0 atom stereocenters. The van der Waals surface area contributed by atoms with Crippen LogP contribution in [0.2, 0.25) is 5.02 Å². The predicted molar refractivity (Wildman–Crippen MR) is 43.8 cm³/mol. The van der Waals surface area contributed by atoms with Gasteiger partial charge in [-0.15, -0.1) is 0 Å². The first kappa shape index (κ1) is 8.80. The highest BCUT2D eigenvalue weighted by Gasteiger charge is 2.13. The molecule has 0 amide bonds. The summed E-state index contributed by atoms with van der Waals surface area (Å²) < 4.78 is 0. The van der Waals surface area contributed by atoms with Crippen molar-refractivity contribution in [3.63, 3.8) is 0 Å². The van der Waals surface area contributed by atoms with Crippen LogP contribution in [0.4, 0.5) is 0 Å². The predicted octanol–water partition coefficient (Wildman–Crippen LogP) is 1.03. The second kappa shape index (κ2) is 2.98. The van der Waals surface area contributed by atoms with E-state index in [4.69, 9.17) is 16.7 Å². The van der Waals surface area contributed by atoms with Crippen LogP contribution in [0.1, 0.15) is 15.9 Å². The van der Waals surface area contributed by atoms with E-state index in [0.717, 1.165) is 0 Å². The summed E-state index contributed by atoms with van der Waals surface area (Å²) in [6.45, 7) is 1.41. The maximum atomic E-state index is 10.9. The second-order valence-electron chi connectivity index (χ2n) is 2.27. The highest BCUT2D eigenvalue weighted by molar-refractivity contribution is 6.33. The van der Waals surface area contributed by atoms with Crippen molar-refractivity contribution in [2.24, 2.45) is 0 Å². The first-order valence-electron chi connectivity index (χ1n) is 3.15. The highest BCUT2D eigenvalue weighted by Crippen LogP contribution is 2.14. The van der Waals surface area contributed by atoms with Gasteiger partial charge in [0.1, 0.15) is 0 Å². The molecule has 64 valence electrons. The van der Waals surface area contributed by atoms with Crippen LogP contribution in [0.15, 0.2) is 11.0 Å². The molecule has 1 rings (SSSR count). The Hall–Kier alpha value is -1.29. The number of carboxylic acid groups (broad SMARTS) is 1. The normalized spacial score (nSPS) is 9.83. The molecule has 0 aliphatic carbocycles.